The van der Waals surface area contributed by atoms with Gasteiger partial charge in [0.05, 0.1) is 12.0 Å². The number of nitrogens with two attached hydrogens (primary N) is 1. The summed E-state index contributed by atoms with van der Waals surface area (Å²) in [5.74, 6) is 2.66. The third kappa shape index (κ3) is 3.18. The van der Waals surface area contributed by atoms with E-state index in [4.69, 9.17) is 10.5 Å². The average Bonchev–Trinajstić information content (AvgIpc) is 2.42. The lowest BCUT2D eigenvalue weighted by atomic mass is 9.76. The van der Waals surface area contributed by atoms with Crippen LogP contribution in [0.25, 0.3) is 0 Å². The van der Waals surface area contributed by atoms with Gasteiger partial charge < -0.3 is 15.6 Å². The summed E-state index contributed by atoms with van der Waals surface area (Å²) in [7, 11) is 1.67. The van der Waals surface area contributed by atoms with Crippen LogP contribution in [0.3, 0.4) is 0 Å². The molecule has 1 aliphatic rings. The first kappa shape index (κ1) is 16.2. The summed E-state index contributed by atoms with van der Waals surface area (Å²) in [4.78, 5) is 0.929. The van der Waals surface area contributed by atoms with Crippen molar-refractivity contribution in [1.82, 2.24) is 0 Å². The van der Waals surface area contributed by atoms with Gasteiger partial charge in [0.1, 0.15) is 11.5 Å². The fraction of sp³-hybridized carbons (Fsp3) is 0.600. The second-order valence-electron chi connectivity index (χ2n) is 4.30. The van der Waals surface area contributed by atoms with Gasteiger partial charge in [-0.05, 0) is 31.2 Å². The van der Waals surface area contributed by atoms with Crippen LogP contribution in [-0.2, 0) is 6.42 Å². The fourth-order valence-electron chi connectivity index (χ4n) is 2.25. The van der Waals surface area contributed by atoms with E-state index in [1.807, 2.05) is 19.9 Å². The maximum atomic E-state index is 10.2. The van der Waals surface area contributed by atoms with E-state index < -0.39 is 0 Å². The van der Waals surface area contributed by atoms with Gasteiger partial charge in [-0.25, -0.2) is 0 Å². The molecule has 0 fully saturated rings. The van der Waals surface area contributed by atoms with Gasteiger partial charge in [0, 0.05) is 17.0 Å². The van der Waals surface area contributed by atoms with Gasteiger partial charge in [-0.15, -0.1) is 11.8 Å². The molecule has 3 nitrogen and oxygen atoms in total. The third-order valence-corrected chi connectivity index (χ3v) is 4.43. The van der Waals surface area contributed by atoms with Crippen LogP contribution >= 0.6 is 11.8 Å². The summed E-state index contributed by atoms with van der Waals surface area (Å²) < 4.78 is 5.40. The van der Waals surface area contributed by atoms with Crippen LogP contribution in [0.1, 0.15) is 44.2 Å². The van der Waals surface area contributed by atoms with Crippen molar-refractivity contribution in [2.75, 3.05) is 19.4 Å². The molecule has 1 unspecified atom stereocenters. The first-order valence-electron chi connectivity index (χ1n) is 6.98. The zero-order valence-electron chi connectivity index (χ0n) is 12.3. The van der Waals surface area contributed by atoms with Crippen LogP contribution in [-0.4, -0.2) is 24.5 Å². The molecule has 0 heterocycles. The molecular weight excluding hydrogens is 258 g/mol. The predicted octanol–water partition coefficient (Wildman–Crippen LogP) is 3.53. The Hall–Kier alpha value is -0.870. The molecule has 0 amide bonds. The van der Waals surface area contributed by atoms with Crippen LogP contribution in [0.15, 0.2) is 11.0 Å². The van der Waals surface area contributed by atoms with E-state index in [-0.39, 0.29) is 0 Å². The number of phenolic OH excluding ortho intramolecular Hbond substituents is 1. The van der Waals surface area contributed by atoms with Gasteiger partial charge in [-0.2, -0.15) is 0 Å². The van der Waals surface area contributed by atoms with Crippen molar-refractivity contribution in [1.29, 1.82) is 0 Å². The lowest BCUT2D eigenvalue weighted by Gasteiger charge is -2.32. The molecule has 0 radical (unpaired) electrons. The molecular formula is C15H25NO2S. The molecule has 0 saturated heterocycles. The van der Waals surface area contributed by atoms with Crippen LogP contribution in [0.2, 0.25) is 0 Å². The Balaban J connectivity index is 0.000000861. The van der Waals surface area contributed by atoms with Gasteiger partial charge in [-0.1, -0.05) is 20.8 Å². The molecule has 1 aromatic carbocycles. The summed E-state index contributed by atoms with van der Waals surface area (Å²) in [6, 6.07) is 1.94. The predicted molar refractivity (Wildman–Crippen MR) is 82.5 cm³/mol. The van der Waals surface area contributed by atoms with Crippen LogP contribution < -0.4 is 10.5 Å². The number of benzene rings is 1. The van der Waals surface area contributed by atoms with Gasteiger partial charge in [-0.3, -0.25) is 0 Å². The van der Waals surface area contributed by atoms with Crippen molar-refractivity contribution in [3.63, 3.8) is 0 Å². The highest BCUT2D eigenvalue weighted by Crippen LogP contribution is 2.49. The maximum Gasteiger partial charge on any atom is 0.132 e. The molecule has 1 aromatic rings. The summed E-state index contributed by atoms with van der Waals surface area (Å²) in [6.07, 6.45) is 1.96. The zero-order chi connectivity index (χ0) is 14.4. The second kappa shape index (κ2) is 7.65. The van der Waals surface area contributed by atoms with Crippen molar-refractivity contribution in [3.8, 4) is 11.5 Å². The number of phenols is 1. The Kier molecular flexibility index (Phi) is 6.52. The lowest BCUT2D eigenvalue weighted by Crippen LogP contribution is -2.25. The average molecular weight is 283 g/mol. The minimum Gasteiger partial charge on any atom is -0.506 e. The van der Waals surface area contributed by atoms with Gasteiger partial charge in [0.15, 0.2) is 0 Å². The van der Waals surface area contributed by atoms with Gasteiger partial charge in [0.2, 0.25) is 0 Å². The Morgan fingerprint density at radius 3 is 2.68 bits per heavy atom. The molecule has 0 bridgehead atoms. The van der Waals surface area contributed by atoms with E-state index in [0.29, 0.717) is 18.2 Å². The Morgan fingerprint density at radius 2 is 2.16 bits per heavy atom. The molecule has 4 heteroatoms. The standard InChI is InChI=1S/C13H19NO2S.C2H6/c1-3-4-17-11-6-10(16-2)12-8(7-14)5-9(12)13(11)15;1-2/h6,8,15H,3-5,7,14H2,1-2H3;1-2H3. The molecule has 0 saturated carbocycles. The molecule has 0 aromatic heterocycles. The molecule has 0 aliphatic heterocycles. The zero-order valence-corrected chi connectivity index (χ0v) is 13.1. The minimum absolute atomic E-state index is 0.344. The molecule has 1 aliphatic carbocycles. The SMILES string of the molecule is CC.CCCSc1cc(OC)c2c(c1O)CC2CN. The quantitative estimate of drug-likeness (QED) is 0.812. The summed E-state index contributed by atoms with van der Waals surface area (Å²) in [5.41, 5.74) is 7.83. The number of fused-ring (bicyclic) bond motifs is 1. The molecule has 2 rings (SSSR count). The minimum atomic E-state index is 0.344. The number of thioether (sulfide) groups is 1. The Bertz CT molecular complexity index is 421. The van der Waals surface area contributed by atoms with E-state index >= 15 is 0 Å². The Morgan fingerprint density at radius 1 is 1.47 bits per heavy atom. The number of ether oxygens (including phenoxy) is 1. The largest absolute Gasteiger partial charge is 0.506 e. The fourth-order valence-corrected chi connectivity index (χ4v) is 3.13. The van der Waals surface area contributed by atoms with E-state index in [1.54, 1.807) is 18.9 Å². The highest BCUT2D eigenvalue weighted by atomic mass is 32.2. The van der Waals surface area contributed by atoms with E-state index in [9.17, 15) is 5.11 Å². The van der Waals surface area contributed by atoms with Crippen molar-refractivity contribution < 1.29 is 9.84 Å². The lowest BCUT2D eigenvalue weighted by molar-refractivity contribution is 0.383. The molecule has 0 spiro atoms. The molecule has 1 atom stereocenters. The second-order valence-corrected chi connectivity index (χ2v) is 5.44. The van der Waals surface area contributed by atoms with Crippen molar-refractivity contribution in [2.45, 2.75) is 44.4 Å². The van der Waals surface area contributed by atoms with Gasteiger partial charge >= 0.3 is 0 Å². The normalized spacial score (nSPS) is 15.9. The monoisotopic (exact) mass is 283 g/mol. The molecule has 19 heavy (non-hydrogen) atoms. The first-order valence-corrected chi connectivity index (χ1v) is 7.97. The van der Waals surface area contributed by atoms with Crippen LogP contribution in [0.5, 0.6) is 11.5 Å². The first-order chi connectivity index (χ1) is 9.22. The summed E-state index contributed by atoms with van der Waals surface area (Å²) in [6.45, 7) is 6.75. The third-order valence-electron chi connectivity index (χ3n) is 3.20. The smallest absolute Gasteiger partial charge is 0.132 e. The Labute approximate surface area is 120 Å². The number of hydrogen-bond donors (Lipinski definition) is 2. The number of aromatic hydroxyl groups is 1. The van der Waals surface area contributed by atoms with Crippen LogP contribution in [0.4, 0.5) is 0 Å². The topological polar surface area (TPSA) is 55.5 Å². The van der Waals surface area contributed by atoms with Crippen molar-refractivity contribution in [3.05, 3.63) is 17.2 Å². The number of rotatable bonds is 5. The van der Waals surface area contributed by atoms with Crippen molar-refractivity contribution >= 4 is 11.8 Å². The maximum absolute atomic E-state index is 10.2. The van der Waals surface area contributed by atoms with E-state index in [1.165, 1.54) is 0 Å². The summed E-state index contributed by atoms with van der Waals surface area (Å²) >= 11 is 1.68. The van der Waals surface area contributed by atoms with E-state index in [0.717, 1.165) is 40.4 Å². The van der Waals surface area contributed by atoms with Crippen molar-refractivity contribution in [2.24, 2.45) is 5.73 Å². The highest BCUT2D eigenvalue weighted by Gasteiger charge is 2.33. The van der Waals surface area contributed by atoms with E-state index in [2.05, 4.69) is 6.92 Å². The number of methoxy groups -OCH3 is 1. The van der Waals surface area contributed by atoms with Crippen LogP contribution in [0, 0.1) is 0 Å². The molecule has 3 N–H and O–H groups in total. The number of hydrogen-bond acceptors (Lipinski definition) is 4. The highest BCUT2D eigenvalue weighted by molar-refractivity contribution is 7.99. The summed E-state index contributed by atoms with van der Waals surface area (Å²) in [5, 5.41) is 10.2. The molecule has 108 valence electrons. The van der Waals surface area contributed by atoms with Gasteiger partial charge in [0.25, 0.3) is 0 Å².